The quantitative estimate of drug-likeness (QED) is 0.878. The fourth-order valence-electron chi connectivity index (χ4n) is 2.36. The number of sulfonamides is 1. The van der Waals surface area contributed by atoms with Crippen LogP contribution in [-0.2, 0) is 17.1 Å². The molecule has 1 fully saturated rings. The van der Waals surface area contributed by atoms with E-state index in [1.807, 2.05) is 0 Å². The minimum Gasteiger partial charge on any atom is -0.337 e. The molecule has 1 aliphatic rings. The van der Waals surface area contributed by atoms with E-state index in [4.69, 9.17) is 0 Å². The lowest BCUT2D eigenvalue weighted by atomic mass is 10.1. The van der Waals surface area contributed by atoms with Crippen molar-refractivity contribution in [3.8, 4) is 0 Å². The molecule has 108 valence electrons. The summed E-state index contributed by atoms with van der Waals surface area (Å²) in [5, 5.41) is 3.44. The fourth-order valence-corrected chi connectivity index (χ4v) is 3.80. The van der Waals surface area contributed by atoms with Crippen LogP contribution < -0.4 is 5.32 Å². The molecular formula is C12H22N4O2S. The molecule has 1 aromatic rings. The first-order chi connectivity index (χ1) is 8.93. The highest BCUT2D eigenvalue weighted by atomic mass is 32.2. The van der Waals surface area contributed by atoms with Crippen molar-refractivity contribution in [3.63, 3.8) is 0 Å². The Balaban J connectivity index is 2.22. The van der Waals surface area contributed by atoms with Gasteiger partial charge in [-0.1, -0.05) is 0 Å². The lowest BCUT2D eigenvalue weighted by molar-refractivity contribution is 0.340. The third kappa shape index (κ3) is 2.98. The van der Waals surface area contributed by atoms with Gasteiger partial charge in [0.1, 0.15) is 5.82 Å². The molecule has 0 amide bonds. The highest BCUT2D eigenvalue weighted by Gasteiger charge is 2.30. The molecule has 7 heteroatoms. The summed E-state index contributed by atoms with van der Waals surface area (Å²) in [5.41, 5.74) is 0. The van der Waals surface area contributed by atoms with E-state index < -0.39 is 10.0 Å². The van der Waals surface area contributed by atoms with Crippen LogP contribution in [0.1, 0.15) is 25.1 Å². The Hall–Kier alpha value is -0.920. The maximum absolute atomic E-state index is 12.5. The van der Waals surface area contributed by atoms with Crippen LogP contribution in [0.2, 0.25) is 0 Å². The van der Waals surface area contributed by atoms with Crippen molar-refractivity contribution in [2.75, 3.05) is 20.1 Å². The molecule has 1 atom stereocenters. The molecule has 0 radical (unpaired) electrons. The van der Waals surface area contributed by atoms with Gasteiger partial charge in [0.2, 0.25) is 0 Å². The van der Waals surface area contributed by atoms with Gasteiger partial charge in [-0.05, 0) is 39.3 Å². The smallest absolute Gasteiger partial charge is 0.262 e. The second-order valence-corrected chi connectivity index (χ2v) is 7.04. The van der Waals surface area contributed by atoms with Crippen molar-refractivity contribution in [2.45, 2.75) is 37.3 Å². The topological polar surface area (TPSA) is 67.2 Å². The lowest BCUT2D eigenvalue weighted by Gasteiger charge is -2.25. The predicted molar refractivity (Wildman–Crippen MR) is 73.4 cm³/mol. The maximum Gasteiger partial charge on any atom is 0.262 e. The van der Waals surface area contributed by atoms with Gasteiger partial charge in [0.15, 0.2) is 5.03 Å². The van der Waals surface area contributed by atoms with Gasteiger partial charge in [-0.3, -0.25) is 0 Å². The van der Waals surface area contributed by atoms with Crippen molar-refractivity contribution in [3.05, 3.63) is 12.0 Å². The number of hydrogen-bond acceptors (Lipinski definition) is 4. The predicted octanol–water partition coefficient (Wildman–Crippen LogP) is 0.491. The van der Waals surface area contributed by atoms with Crippen LogP contribution in [0, 0.1) is 6.92 Å². The van der Waals surface area contributed by atoms with Gasteiger partial charge >= 0.3 is 0 Å². The van der Waals surface area contributed by atoms with Crippen LogP contribution in [0.3, 0.4) is 0 Å². The summed E-state index contributed by atoms with van der Waals surface area (Å²) in [5.74, 6) is 0.703. The normalized spacial score (nSPS) is 21.6. The zero-order valence-electron chi connectivity index (χ0n) is 11.8. The molecule has 1 unspecified atom stereocenters. The molecule has 6 nitrogen and oxygen atoms in total. The fraction of sp³-hybridized carbons (Fsp3) is 0.750. The first-order valence-corrected chi connectivity index (χ1v) is 8.05. The van der Waals surface area contributed by atoms with Gasteiger partial charge in [0, 0.05) is 26.3 Å². The largest absolute Gasteiger partial charge is 0.337 e. The summed E-state index contributed by atoms with van der Waals surface area (Å²) < 4.78 is 28.3. The van der Waals surface area contributed by atoms with E-state index in [0.717, 1.165) is 32.4 Å². The van der Waals surface area contributed by atoms with E-state index in [0.29, 0.717) is 5.82 Å². The number of imidazole rings is 1. The lowest BCUT2D eigenvalue weighted by Crippen LogP contribution is -2.37. The third-order valence-electron chi connectivity index (χ3n) is 3.79. The van der Waals surface area contributed by atoms with Gasteiger partial charge in [-0.25, -0.2) is 13.4 Å². The van der Waals surface area contributed by atoms with Crippen LogP contribution in [0.5, 0.6) is 0 Å². The Morgan fingerprint density at radius 2 is 2.16 bits per heavy atom. The Morgan fingerprint density at radius 1 is 1.42 bits per heavy atom. The summed E-state index contributed by atoms with van der Waals surface area (Å²) in [4.78, 5) is 4.14. The standard InChI is InChI=1S/C12H22N4O2S/c1-10-14-12(9-15(10)2)19(17,18)16(3)11-5-4-7-13-8-6-11/h9,11,13H,4-8H2,1-3H3. The molecular weight excluding hydrogens is 264 g/mol. The highest BCUT2D eigenvalue weighted by molar-refractivity contribution is 7.89. The molecule has 1 aliphatic heterocycles. The monoisotopic (exact) mass is 286 g/mol. The van der Waals surface area contributed by atoms with Gasteiger partial charge < -0.3 is 9.88 Å². The second kappa shape index (κ2) is 5.60. The van der Waals surface area contributed by atoms with Crippen molar-refractivity contribution >= 4 is 10.0 Å². The molecule has 0 aliphatic carbocycles. The number of aromatic nitrogens is 2. The molecule has 1 saturated heterocycles. The molecule has 0 aromatic carbocycles. The number of rotatable bonds is 3. The average Bonchev–Trinajstić information content (AvgIpc) is 2.60. The molecule has 0 bridgehead atoms. The Morgan fingerprint density at radius 3 is 2.79 bits per heavy atom. The molecule has 0 saturated carbocycles. The van der Waals surface area contributed by atoms with Crippen LogP contribution in [-0.4, -0.2) is 48.5 Å². The van der Waals surface area contributed by atoms with Crippen LogP contribution >= 0.6 is 0 Å². The number of hydrogen-bond donors (Lipinski definition) is 1. The zero-order valence-corrected chi connectivity index (χ0v) is 12.6. The number of aryl methyl sites for hydroxylation is 2. The van der Waals surface area contributed by atoms with Gasteiger partial charge in [0.05, 0.1) is 0 Å². The zero-order chi connectivity index (χ0) is 14.0. The van der Waals surface area contributed by atoms with E-state index in [2.05, 4.69) is 10.3 Å². The molecule has 0 spiro atoms. The van der Waals surface area contributed by atoms with Gasteiger partial charge in [-0.15, -0.1) is 0 Å². The van der Waals surface area contributed by atoms with E-state index >= 15 is 0 Å². The summed E-state index contributed by atoms with van der Waals surface area (Å²) >= 11 is 0. The number of nitrogens with zero attached hydrogens (tertiary/aromatic N) is 3. The van der Waals surface area contributed by atoms with Gasteiger partial charge in [0.25, 0.3) is 10.0 Å². The Kier molecular flexibility index (Phi) is 4.27. The van der Waals surface area contributed by atoms with Crippen molar-refractivity contribution in [1.29, 1.82) is 0 Å². The summed E-state index contributed by atoms with van der Waals surface area (Å²) in [7, 11) is -0.0183. The van der Waals surface area contributed by atoms with Crippen LogP contribution in [0.25, 0.3) is 0 Å². The second-order valence-electron chi connectivity index (χ2n) is 5.09. The Bertz CT molecular complexity index is 510. The average molecular weight is 286 g/mol. The summed E-state index contributed by atoms with van der Waals surface area (Å²) in [6, 6.07) is 0.0577. The first-order valence-electron chi connectivity index (χ1n) is 6.61. The molecule has 1 N–H and O–H groups in total. The molecule has 19 heavy (non-hydrogen) atoms. The van der Waals surface area contributed by atoms with Crippen LogP contribution in [0.15, 0.2) is 11.2 Å². The minimum absolute atomic E-state index is 0.0577. The minimum atomic E-state index is -3.48. The van der Waals surface area contributed by atoms with Crippen LogP contribution in [0.4, 0.5) is 0 Å². The molecule has 1 aromatic heterocycles. The van der Waals surface area contributed by atoms with E-state index in [1.165, 1.54) is 4.31 Å². The SMILES string of the molecule is Cc1nc(S(=O)(=O)N(C)C2CCCNCC2)cn1C. The number of nitrogens with one attached hydrogen (secondary N) is 1. The van der Waals surface area contributed by atoms with Crippen molar-refractivity contribution < 1.29 is 8.42 Å². The molecule has 2 rings (SSSR count). The first kappa shape index (κ1) is 14.5. The highest BCUT2D eigenvalue weighted by Crippen LogP contribution is 2.20. The van der Waals surface area contributed by atoms with E-state index in [1.54, 1.807) is 31.8 Å². The Labute approximate surface area is 114 Å². The molecule has 2 heterocycles. The van der Waals surface area contributed by atoms with E-state index in [9.17, 15) is 8.42 Å². The maximum atomic E-state index is 12.5. The summed E-state index contributed by atoms with van der Waals surface area (Å²) in [6.45, 7) is 3.63. The van der Waals surface area contributed by atoms with Crippen molar-refractivity contribution in [1.82, 2.24) is 19.2 Å². The van der Waals surface area contributed by atoms with Crippen molar-refractivity contribution in [2.24, 2.45) is 7.05 Å². The van der Waals surface area contributed by atoms with Gasteiger partial charge in [-0.2, -0.15) is 4.31 Å². The van der Waals surface area contributed by atoms with E-state index in [-0.39, 0.29) is 11.1 Å². The third-order valence-corrected chi connectivity index (χ3v) is 5.57. The summed E-state index contributed by atoms with van der Waals surface area (Å²) in [6.07, 6.45) is 4.33.